The fourth-order valence-corrected chi connectivity index (χ4v) is 5.40. The van der Waals surface area contributed by atoms with Gasteiger partial charge in [0.1, 0.15) is 0 Å². The van der Waals surface area contributed by atoms with Gasteiger partial charge in [-0.3, -0.25) is 14.2 Å². The number of amides is 1. The first-order chi connectivity index (χ1) is 18.2. The lowest BCUT2D eigenvalue weighted by molar-refractivity contribution is 0.0928. The van der Waals surface area contributed by atoms with Crippen LogP contribution in [0.5, 0.6) is 0 Å². The minimum Gasteiger partial charge on any atom is -0.349 e. The van der Waals surface area contributed by atoms with E-state index in [9.17, 15) is 14.4 Å². The molecule has 0 atom stereocenters. The predicted octanol–water partition coefficient (Wildman–Crippen LogP) is 4.58. The minimum atomic E-state index is -0.325. The molecule has 0 bridgehead atoms. The Morgan fingerprint density at radius 1 is 1.05 bits per heavy atom. The van der Waals surface area contributed by atoms with E-state index in [-0.39, 0.29) is 23.2 Å². The van der Waals surface area contributed by atoms with Crippen LogP contribution >= 0.6 is 0 Å². The Hall–Kier alpha value is -3.68. The van der Waals surface area contributed by atoms with E-state index in [1.807, 2.05) is 26.0 Å². The van der Waals surface area contributed by atoms with Gasteiger partial charge in [-0.1, -0.05) is 56.9 Å². The lowest BCUT2D eigenvalue weighted by atomic mass is 9.95. The molecule has 1 aliphatic rings. The molecule has 1 saturated carbocycles. The molecule has 0 spiro atoms. The van der Waals surface area contributed by atoms with Gasteiger partial charge < -0.3 is 5.32 Å². The molecule has 0 saturated heterocycles. The van der Waals surface area contributed by atoms with Crippen LogP contribution < -0.4 is 16.6 Å². The van der Waals surface area contributed by atoms with Gasteiger partial charge in [-0.05, 0) is 68.4 Å². The largest absolute Gasteiger partial charge is 0.352 e. The van der Waals surface area contributed by atoms with E-state index in [1.165, 1.54) is 15.5 Å². The Morgan fingerprint density at radius 2 is 1.82 bits per heavy atom. The third-order valence-electron chi connectivity index (χ3n) is 7.74. The van der Waals surface area contributed by atoms with Gasteiger partial charge in [-0.25, -0.2) is 13.9 Å². The standard InChI is InChI=1S/C30H37N5O3/c1-19(2)14-15-33-28(37)25-13-12-22(27(36)31-24-8-6-5-7-9-24)17-26(25)35-29(33)32-34(30(35)38)18-23-16-20(3)10-11-21(23)4/h10-13,16-17,19,24H,5-9,14-15,18H2,1-4H3,(H,31,36). The zero-order chi connectivity index (χ0) is 27.0. The Bertz CT molecular complexity index is 1620. The molecule has 2 aromatic heterocycles. The Balaban J connectivity index is 1.65. The molecule has 1 N–H and O–H groups in total. The molecule has 5 rings (SSSR count). The van der Waals surface area contributed by atoms with Crippen LogP contribution in [0.1, 0.15) is 79.4 Å². The number of aromatic nitrogens is 4. The number of carbonyl (C=O) groups excluding carboxylic acids is 1. The SMILES string of the molecule is Cc1ccc(C)c(Cn2nc3n(CCC(C)C)c(=O)c4ccc(C(=O)NC5CCCCC5)cc4n3c2=O)c1. The van der Waals surface area contributed by atoms with Crippen molar-refractivity contribution in [3.8, 4) is 0 Å². The predicted molar refractivity (Wildman–Crippen MR) is 150 cm³/mol. The highest BCUT2D eigenvalue weighted by atomic mass is 16.2. The average Bonchev–Trinajstić information content (AvgIpc) is 3.21. The van der Waals surface area contributed by atoms with Crippen molar-refractivity contribution in [1.82, 2.24) is 24.1 Å². The van der Waals surface area contributed by atoms with E-state index in [1.54, 1.807) is 22.8 Å². The summed E-state index contributed by atoms with van der Waals surface area (Å²) in [6.07, 6.45) is 6.19. The summed E-state index contributed by atoms with van der Waals surface area (Å²) in [5.74, 6) is 0.516. The number of carbonyl (C=O) groups is 1. The molecular weight excluding hydrogens is 478 g/mol. The summed E-state index contributed by atoms with van der Waals surface area (Å²) < 4.78 is 4.53. The van der Waals surface area contributed by atoms with Gasteiger partial charge in [0.2, 0.25) is 5.78 Å². The van der Waals surface area contributed by atoms with Crippen LogP contribution in [-0.2, 0) is 13.1 Å². The second kappa shape index (κ2) is 10.6. The highest BCUT2D eigenvalue weighted by Crippen LogP contribution is 2.20. The first-order valence-electron chi connectivity index (χ1n) is 13.8. The molecule has 0 aliphatic heterocycles. The van der Waals surface area contributed by atoms with Crippen molar-refractivity contribution in [3.05, 3.63) is 79.5 Å². The third-order valence-corrected chi connectivity index (χ3v) is 7.74. The molecule has 0 radical (unpaired) electrons. The molecule has 1 fully saturated rings. The maximum absolute atomic E-state index is 13.8. The van der Waals surface area contributed by atoms with Crippen LogP contribution in [0.15, 0.2) is 46.0 Å². The maximum Gasteiger partial charge on any atom is 0.352 e. The quantitative estimate of drug-likeness (QED) is 0.390. The number of nitrogens with zero attached hydrogens (tertiary/aromatic N) is 4. The fraction of sp³-hybridized carbons (Fsp3) is 0.467. The number of nitrogens with one attached hydrogen (secondary N) is 1. The fourth-order valence-electron chi connectivity index (χ4n) is 5.40. The maximum atomic E-state index is 13.8. The van der Waals surface area contributed by atoms with E-state index < -0.39 is 0 Å². The van der Waals surface area contributed by atoms with Crippen LogP contribution in [0.3, 0.4) is 0 Å². The van der Waals surface area contributed by atoms with E-state index >= 15 is 0 Å². The number of hydrogen-bond acceptors (Lipinski definition) is 4. The zero-order valence-electron chi connectivity index (χ0n) is 22.8. The Kier molecular flexibility index (Phi) is 7.23. The van der Waals surface area contributed by atoms with Crippen molar-refractivity contribution in [2.45, 2.75) is 85.4 Å². The van der Waals surface area contributed by atoms with Crippen LogP contribution in [0.25, 0.3) is 16.7 Å². The van der Waals surface area contributed by atoms with Gasteiger partial charge in [0.15, 0.2) is 0 Å². The van der Waals surface area contributed by atoms with Crippen LogP contribution in [0, 0.1) is 19.8 Å². The highest BCUT2D eigenvalue weighted by molar-refractivity contribution is 5.98. The molecule has 0 unspecified atom stereocenters. The Morgan fingerprint density at radius 3 is 2.55 bits per heavy atom. The average molecular weight is 516 g/mol. The van der Waals surface area contributed by atoms with Crippen LogP contribution in [0.2, 0.25) is 0 Å². The first kappa shape index (κ1) is 25.9. The van der Waals surface area contributed by atoms with Gasteiger partial charge in [0, 0.05) is 18.2 Å². The number of aryl methyl sites for hydroxylation is 3. The van der Waals surface area contributed by atoms with Gasteiger partial charge in [-0.2, -0.15) is 0 Å². The summed E-state index contributed by atoms with van der Waals surface area (Å²) in [4.78, 5) is 40.5. The zero-order valence-corrected chi connectivity index (χ0v) is 22.8. The molecular formula is C30H37N5O3. The molecule has 8 heteroatoms. The van der Waals surface area contributed by atoms with E-state index in [0.29, 0.717) is 41.3 Å². The van der Waals surface area contributed by atoms with Crippen molar-refractivity contribution >= 4 is 22.6 Å². The number of rotatable bonds is 7. The van der Waals surface area contributed by atoms with E-state index in [4.69, 9.17) is 0 Å². The molecule has 8 nitrogen and oxygen atoms in total. The van der Waals surface area contributed by atoms with Gasteiger partial charge >= 0.3 is 5.69 Å². The first-order valence-corrected chi connectivity index (χ1v) is 13.8. The molecule has 2 aromatic carbocycles. The van der Waals surface area contributed by atoms with Gasteiger partial charge in [-0.15, -0.1) is 5.10 Å². The molecule has 1 aliphatic carbocycles. The van der Waals surface area contributed by atoms with E-state index in [0.717, 1.165) is 48.8 Å². The van der Waals surface area contributed by atoms with Gasteiger partial charge in [0.25, 0.3) is 11.5 Å². The summed E-state index contributed by atoms with van der Waals surface area (Å²) in [6.45, 7) is 9.00. The smallest absolute Gasteiger partial charge is 0.349 e. The molecule has 200 valence electrons. The summed E-state index contributed by atoms with van der Waals surface area (Å²) in [7, 11) is 0. The van der Waals surface area contributed by atoms with Crippen molar-refractivity contribution < 1.29 is 4.79 Å². The van der Waals surface area contributed by atoms with Crippen molar-refractivity contribution in [1.29, 1.82) is 0 Å². The van der Waals surface area contributed by atoms with Crippen LogP contribution in [0.4, 0.5) is 0 Å². The molecule has 38 heavy (non-hydrogen) atoms. The molecule has 1 amide bonds. The lowest BCUT2D eigenvalue weighted by Gasteiger charge is -2.22. The monoisotopic (exact) mass is 515 g/mol. The van der Waals surface area contributed by atoms with Crippen LogP contribution in [-0.4, -0.2) is 30.7 Å². The number of hydrogen-bond donors (Lipinski definition) is 1. The summed E-state index contributed by atoms with van der Waals surface area (Å²) in [5, 5.41) is 8.21. The molecule has 4 aromatic rings. The van der Waals surface area contributed by atoms with Gasteiger partial charge in [0.05, 0.1) is 17.4 Å². The Labute approximate surface area is 222 Å². The van der Waals surface area contributed by atoms with Crippen molar-refractivity contribution in [2.24, 2.45) is 5.92 Å². The second-order valence-corrected chi connectivity index (χ2v) is 11.2. The summed E-state index contributed by atoms with van der Waals surface area (Å²) >= 11 is 0. The third kappa shape index (κ3) is 5.04. The summed E-state index contributed by atoms with van der Waals surface area (Å²) in [5.41, 5.74) is 3.52. The number of benzene rings is 2. The molecule has 2 heterocycles. The normalized spacial score (nSPS) is 14.6. The minimum absolute atomic E-state index is 0.166. The second-order valence-electron chi connectivity index (χ2n) is 11.2. The van der Waals surface area contributed by atoms with Crippen molar-refractivity contribution in [3.63, 3.8) is 0 Å². The summed E-state index contributed by atoms with van der Waals surface area (Å²) in [6, 6.07) is 11.3. The van der Waals surface area contributed by atoms with Crippen molar-refractivity contribution in [2.75, 3.05) is 0 Å². The highest BCUT2D eigenvalue weighted by Gasteiger charge is 2.21. The topological polar surface area (TPSA) is 90.4 Å². The lowest BCUT2D eigenvalue weighted by Crippen LogP contribution is -2.36. The van der Waals surface area contributed by atoms with E-state index in [2.05, 4.69) is 30.3 Å². The number of fused-ring (bicyclic) bond motifs is 3.